The Labute approximate surface area is 120 Å². The fraction of sp³-hybridized carbons (Fsp3) is 0.786. The monoisotopic (exact) mass is 287 g/mol. The summed E-state index contributed by atoms with van der Waals surface area (Å²) in [6.45, 7) is 11.0. The predicted molar refractivity (Wildman–Crippen MR) is 74.1 cm³/mol. The zero-order chi connectivity index (χ0) is 15.9. The van der Waals surface area contributed by atoms with Gasteiger partial charge in [0, 0.05) is 6.42 Å². The highest BCUT2D eigenvalue weighted by molar-refractivity contribution is 5.99. The van der Waals surface area contributed by atoms with Crippen LogP contribution in [0.4, 0.5) is 4.79 Å². The number of imide groups is 1. The summed E-state index contributed by atoms with van der Waals surface area (Å²) < 4.78 is 9.95. The van der Waals surface area contributed by atoms with Crippen molar-refractivity contribution in [1.29, 1.82) is 0 Å². The van der Waals surface area contributed by atoms with Crippen molar-refractivity contribution in [3.05, 3.63) is 0 Å². The first-order valence-corrected chi connectivity index (χ1v) is 6.98. The van der Waals surface area contributed by atoms with E-state index in [9.17, 15) is 14.4 Å². The lowest BCUT2D eigenvalue weighted by Gasteiger charge is -2.26. The van der Waals surface area contributed by atoms with Crippen LogP contribution in [0.3, 0.4) is 0 Å². The van der Waals surface area contributed by atoms with Crippen LogP contribution >= 0.6 is 0 Å². The molecule has 6 heteroatoms. The van der Waals surface area contributed by atoms with Gasteiger partial charge in [-0.05, 0) is 34.1 Å². The van der Waals surface area contributed by atoms with E-state index < -0.39 is 29.6 Å². The molecule has 1 fully saturated rings. The highest BCUT2D eigenvalue weighted by Crippen LogP contribution is 2.23. The highest BCUT2D eigenvalue weighted by Gasteiger charge is 2.43. The summed E-state index contributed by atoms with van der Waals surface area (Å²) in [6, 6.07) is -0.854. The van der Waals surface area contributed by atoms with Gasteiger partial charge in [0.25, 0.3) is 0 Å². The summed E-state index contributed by atoms with van der Waals surface area (Å²) in [4.78, 5) is 36.0. The van der Waals surface area contributed by atoms with E-state index in [0.717, 1.165) is 4.90 Å². The van der Waals surface area contributed by atoms with Crippen molar-refractivity contribution in [2.24, 2.45) is 0 Å². The number of carbonyl (C=O) groups excluding carboxylic acids is 3. The second-order valence-electron chi connectivity index (χ2n) is 5.05. The molecule has 0 aromatic rings. The molecule has 1 heterocycles. The van der Waals surface area contributed by atoms with Crippen LogP contribution in [0.15, 0.2) is 0 Å². The average Bonchev–Trinajstić information content (AvgIpc) is 2.72. The lowest BCUT2D eigenvalue weighted by Crippen LogP contribution is -2.46. The number of ether oxygens (including phenoxy) is 2. The van der Waals surface area contributed by atoms with Gasteiger partial charge in [-0.25, -0.2) is 14.5 Å². The third-order valence-corrected chi connectivity index (χ3v) is 2.36. The first-order valence-electron chi connectivity index (χ1n) is 6.98. The summed E-state index contributed by atoms with van der Waals surface area (Å²) in [5, 5.41) is 0. The molecule has 1 aliphatic rings. The Morgan fingerprint density at radius 2 is 1.85 bits per heavy atom. The van der Waals surface area contributed by atoms with Crippen molar-refractivity contribution in [3.8, 4) is 0 Å². The smallest absolute Gasteiger partial charge is 0.417 e. The Morgan fingerprint density at radius 3 is 2.30 bits per heavy atom. The van der Waals surface area contributed by atoms with Crippen LogP contribution in [-0.2, 0) is 19.1 Å². The number of hydrogen-bond donors (Lipinski definition) is 0. The van der Waals surface area contributed by atoms with E-state index >= 15 is 0 Å². The van der Waals surface area contributed by atoms with E-state index in [1.54, 1.807) is 27.7 Å². The number of hydrogen-bond acceptors (Lipinski definition) is 5. The zero-order valence-electron chi connectivity index (χ0n) is 13.2. The normalized spacial score (nSPS) is 18.2. The molecule has 0 spiro atoms. The van der Waals surface area contributed by atoms with E-state index in [0.29, 0.717) is 0 Å². The molecule has 1 saturated heterocycles. The van der Waals surface area contributed by atoms with Gasteiger partial charge in [-0.2, -0.15) is 0 Å². The molecule has 0 radical (unpaired) electrons. The SMILES string of the molecule is CC.CCOC(=O)[C@@H]1CCC(=O)N1C(=O)OC(C)(C)C. The zero-order valence-corrected chi connectivity index (χ0v) is 13.2. The van der Waals surface area contributed by atoms with Crippen molar-refractivity contribution in [1.82, 2.24) is 4.90 Å². The fourth-order valence-electron chi connectivity index (χ4n) is 1.69. The Balaban J connectivity index is 0.00000172. The molecule has 20 heavy (non-hydrogen) atoms. The third kappa shape index (κ3) is 5.19. The van der Waals surface area contributed by atoms with E-state index in [-0.39, 0.29) is 19.4 Å². The predicted octanol–water partition coefficient (Wildman–Crippen LogP) is 2.50. The van der Waals surface area contributed by atoms with Gasteiger partial charge in [0.05, 0.1) is 6.61 Å². The fourth-order valence-corrected chi connectivity index (χ4v) is 1.69. The van der Waals surface area contributed by atoms with Crippen LogP contribution < -0.4 is 0 Å². The molecular weight excluding hydrogens is 262 g/mol. The molecule has 1 aliphatic heterocycles. The van der Waals surface area contributed by atoms with Crippen molar-refractivity contribution in [3.63, 3.8) is 0 Å². The maximum atomic E-state index is 11.9. The molecule has 1 atom stereocenters. The summed E-state index contributed by atoms with van der Waals surface area (Å²) in [7, 11) is 0. The van der Waals surface area contributed by atoms with E-state index in [1.165, 1.54) is 0 Å². The van der Waals surface area contributed by atoms with Crippen LogP contribution in [0.25, 0.3) is 0 Å². The third-order valence-electron chi connectivity index (χ3n) is 2.36. The van der Waals surface area contributed by atoms with Gasteiger partial charge in [0.1, 0.15) is 11.6 Å². The Morgan fingerprint density at radius 1 is 1.30 bits per heavy atom. The number of likely N-dealkylation sites (tertiary alicyclic amines) is 1. The molecule has 2 amide bonds. The molecule has 6 nitrogen and oxygen atoms in total. The maximum Gasteiger partial charge on any atom is 0.417 e. The lowest BCUT2D eigenvalue weighted by molar-refractivity contribution is -0.150. The molecule has 0 saturated carbocycles. The minimum Gasteiger partial charge on any atom is -0.464 e. The maximum absolute atomic E-state index is 11.9. The van der Waals surface area contributed by atoms with E-state index in [4.69, 9.17) is 9.47 Å². The largest absolute Gasteiger partial charge is 0.464 e. The topological polar surface area (TPSA) is 72.9 Å². The average molecular weight is 287 g/mol. The van der Waals surface area contributed by atoms with Gasteiger partial charge in [0.15, 0.2) is 0 Å². The summed E-state index contributed by atoms with van der Waals surface area (Å²) in [5.74, 6) is -0.962. The second kappa shape index (κ2) is 7.87. The van der Waals surface area contributed by atoms with Crippen LogP contribution in [0.5, 0.6) is 0 Å². The highest BCUT2D eigenvalue weighted by atomic mass is 16.6. The van der Waals surface area contributed by atoms with Gasteiger partial charge in [-0.3, -0.25) is 4.79 Å². The molecule has 0 N–H and O–H groups in total. The lowest BCUT2D eigenvalue weighted by atomic mass is 10.2. The number of amides is 2. The molecule has 0 unspecified atom stereocenters. The molecule has 1 rings (SSSR count). The van der Waals surface area contributed by atoms with Gasteiger partial charge in [-0.15, -0.1) is 0 Å². The summed E-state index contributed by atoms with van der Waals surface area (Å²) in [5.41, 5.74) is -0.709. The second-order valence-corrected chi connectivity index (χ2v) is 5.05. The van der Waals surface area contributed by atoms with Gasteiger partial charge >= 0.3 is 12.1 Å². The Hall–Kier alpha value is -1.59. The molecule has 0 aromatic heterocycles. The molecular formula is C14H25NO5. The number of rotatable bonds is 2. The minimum absolute atomic E-state index is 0.155. The molecule has 0 bridgehead atoms. The molecule has 0 aromatic carbocycles. The first-order chi connectivity index (χ1) is 9.26. The van der Waals surface area contributed by atoms with E-state index in [1.807, 2.05) is 13.8 Å². The van der Waals surface area contributed by atoms with Gasteiger partial charge in [-0.1, -0.05) is 13.8 Å². The van der Waals surface area contributed by atoms with Gasteiger partial charge in [0.2, 0.25) is 5.91 Å². The summed E-state index contributed by atoms with van der Waals surface area (Å²) >= 11 is 0. The summed E-state index contributed by atoms with van der Waals surface area (Å²) in [6.07, 6.45) is -0.345. The Bertz CT molecular complexity index is 359. The van der Waals surface area contributed by atoms with Crippen LogP contribution in [0.2, 0.25) is 0 Å². The number of esters is 1. The van der Waals surface area contributed by atoms with Gasteiger partial charge < -0.3 is 9.47 Å². The van der Waals surface area contributed by atoms with Crippen LogP contribution in [0.1, 0.15) is 54.4 Å². The standard InChI is InChI=1S/C12H19NO5.C2H6/c1-5-17-10(15)8-6-7-9(14)13(8)11(16)18-12(2,3)4;1-2/h8H,5-7H2,1-4H3;1-2H3/t8-;/m0./s1. The first kappa shape index (κ1) is 18.4. The minimum atomic E-state index is -0.854. The number of carbonyl (C=O) groups is 3. The van der Waals surface area contributed by atoms with Crippen molar-refractivity contribution in [2.45, 2.75) is 66.0 Å². The molecule has 0 aliphatic carbocycles. The van der Waals surface area contributed by atoms with Crippen LogP contribution in [0, 0.1) is 0 Å². The molecule has 116 valence electrons. The Kier molecular flexibility index (Phi) is 7.24. The van der Waals surface area contributed by atoms with Crippen molar-refractivity contribution < 1.29 is 23.9 Å². The quantitative estimate of drug-likeness (QED) is 0.730. The van der Waals surface area contributed by atoms with Crippen LogP contribution in [-0.4, -0.2) is 41.1 Å². The van der Waals surface area contributed by atoms with Crippen molar-refractivity contribution in [2.75, 3.05) is 6.61 Å². The van der Waals surface area contributed by atoms with Crippen molar-refractivity contribution >= 4 is 18.0 Å². The van der Waals surface area contributed by atoms with E-state index in [2.05, 4.69) is 0 Å². The number of nitrogens with zero attached hydrogens (tertiary/aromatic N) is 1.